The third kappa shape index (κ3) is 2.06. The van der Waals surface area contributed by atoms with Crippen LogP contribution in [0.15, 0.2) is 12.5 Å². The van der Waals surface area contributed by atoms with Crippen LogP contribution in [0.4, 0.5) is 0 Å². The fraction of sp³-hybridized carbons (Fsp3) is 0.769. The number of ether oxygens (including phenoxy) is 2. The zero-order valence-corrected chi connectivity index (χ0v) is 10.8. The second-order valence-corrected chi connectivity index (χ2v) is 5.31. The lowest BCUT2D eigenvalue weighted by molar-refractivity contribution is 0.106. The molecular formula is C13H21N3O2. The minimum absolute atomic E-state index is 0.0165. The lowest BCUT2D eigenvalue weighted by Gasteiger charge is -2.24. The van der Waals surface area contributed by atoms with E-state index in [1.807, 2.05) is 12.5 Å². The van der Waals surface area contributed by atoms with Gasteiger partial charge in [0.05, 0.1) is 36.8 Å². The van der Waals surface area contributed by atoms with Crippen molar-refractivity contribution in [2.75, 3.05) is 19.8 Å². The van der Waals surface area contributed by atoms with Gasteiger partial charge < -0.3 is 19.8 Å². The Kier molecular flexibility index (Phi) is 3.37. The molecule has 0 saturated carbocycles. The molecule has 100 valence electrons. The lowest BCUT2D eigenvalue weighted by Crippen LogP contribution is -2.27. The monoisotopic (exact) mass is 251 g/mol. The highest BCUT2D eigenvalue weighted by atomic mass is 16.5. The van der Waals surface area contributed by atoms with Gasteiger partial charge in [-0.3, -0.25) is 0 Å². The number of aromatic nitrogens is 2. The highest BCUT2D eigenvalue weighted by Gasteiger charge is 2.31. The summed E-state index contributed by atoms with van der Waals surface area (Å²) in [5, 5.41) is 0. The molecule has 4 unspecified atom stereocenters. The molecule has 18 heavy (non-hydrogen) atoms. The van der Waals surface area contributed by atoms with E-state index in [9.17, 15) is 0 Å². The second kappa shape index (κ2) is 4.99. The predicted octanol–water partition coefficient (Wildman–Crippen LogP) is 1.27. The van der Waals surface area contributed by atoms with Crippen LogP contribution in [-0.4, -0.2) is 35.5 Å². The molecule has 5 nitrogen and oxygen atoms in total. The minimum atomic E-state index is 0.0165. The Morgan fingerprint density at radius 3 is 3.00 bits per heavy atom. The highest BCUT2D eigenvalue weighted by molar-refractivity contribution is 5.09. The molecule has 5 heteroatoms. The van der Waals surface area contributed by atoms with Crippen LogP contribution < -0.4 is 5.73 Å². The fourth-order valence-electron chi connectivity index (χ4n) is 3.01. The minimum Gasteiger partial charge on any atom is -0.381 e. The summed E-state index contributed by atoms with van der Waals surface area (Å²) in [4.78, 5) is 4.28. The van der Waals surface area contributed by atoms with E-state index >= 15 is 0 Å². The maximum Gasteiger partial charge on any atom is 0.0952 e. The number of rotatable bonds is 3. The predicted molar refractivity (Wildman–Crippen MR) is 67.1 cm³/mol. The summed E-state index contributed by atoms with van der Waals surface area (Å²) in [5.74, 6) is 0.415. The molecule has 0 bridgehead atoms. The molecule has 3 rings (SSSR count). The van der Waals surface area contributed by atoms with Gasteiger partial charge in [-0.25, -0.2) is 4.98 Å². The van der Waals surface area contributed by atoms with E-state index in [1.165, 1.54) is 0 Å². The zero-order chi connectivity index (χ0) is 12.5. The van der Waals surface area contributed by atoms with Crippen molar-refractivity contribution in [3.8, 4) is 0 Å². The van der Waals surface area contributed by atoms with Gasteiger partial charge in [-0.15, -0.1) is 0 Å². The molecule has 1 aromatic rings. The SMILES string of the molecule is CC1OCCC1n1cncc1C(N)C1CCOC1. The van der Waals surface area contributed by atoms with Crippen LogP contribution in [0, 0.1) is 5.92 Å². The Bertz CT molecular complexity index is 401. The number of imidazole rings is 1. The molecule has 0 spiro atoms. The first-order valence-corrected chi connectivity index (χ1v) is 6.74. The molecule has 0 amide bonds. The maximum atomic E-state index is 6.38. The first-order valence-electron chi connectivity index (χ1n) is 6.74. The summed E-state index contributed by atoms with van der Waals surface area (Å²) in [6, 6.07) is 0.388. The molecule has 2 aliphatic heterocycles. The molecule has 0 radical (unpaired) electrons. The van der Waals surface area contributed by atoms with Crippen molar-refractivity contribution in [1.29, 1.82) is 0 Å². The van der Waals surface area contributed by atoms with E-state index in [0.29, 0.717) is 12.0 Å². The van der Waals surface area contributed by atoms with Gasteiger partial charge in [0.1, 0.15) is 0 Å². The molecule has 2 saturated heterocycles. The number of hydrogen-bond acceptors (Lipinski definition) is 4. The maximum absolute atomic E-state index is 6.38. The van der Waals surface area contributed by atoms with E-state index < -0.39 is 0 Å². The number of hydrogen-bond donors (Lipinski definition) is 1. The van der Waals surface area contributed by atoms with E-state index in [4.69, 9.17) is 15.2 Å². The Hall–Kier alpha value is -0.910. The van der Waals surface area contributed by atoms with Crippen LogP contribution in [0.3, 0.4) is 0 Å². The van der Waals surface area contributed by atoms with Crippen molar-refractivity contribution in [2.24, 2.45) is 11.7 Å². The Balaban J connectivity index is 1.81. The standard InChI is InChI=1S/C13H21N3O2/c1-9-11(3-5-18-9)16-8-15-6-12(16)13(14)10-2-4-17-7-10/h6,8-11,13H,2-5,7,14H2,1H3. The van der Waals surface area contributed by atoms with Crippen LogP contribution in [0.5, 0.6) is 0 Å². The average molecular weight is 251 g/mol. The van der Waals surface area contributed by atoms with Crippen molar-refractivity contribution >= 4 is 0 Å². The summed E-state index contributed by atoms with van der Waals surface area (Å²) in [6.07, 6.45) is 6.11. The molecule has 2 fully saturated rings. The summed E-state index contributed by atoms with van der Waals surface area (Å²) >= 11 is 0. The van der Waals surface area contributed by atoms with E-state index in [1.54, 1.807) is 0 Å². The number of nitrogens with zero attached hydrogens (tertiary/aromatic N) is 2. The highest BCUT2D eigenvalue weighted by Crippen LogP contribution is 2.32. The Labute approximate surface area is 107 Å². The first-order chi connectivity index (χ1) is 8.77. The molecule has 0 aromatic carbocycles. The number of nitrogens with two attached hydrogens (primary N) is 1. The van der Waals surface area contributed by atoms with Crippen LogP contribution in [0.2, 0.25) is 0 Å². The third-order valence-corrected chi connectivity index (χ3v) is 4.20. The quantitative estimate of drug-likeness (QED) is 0.878. The summed E-state index contributed by atoms with van der Waals surface area (Å²) in [5.41, 5.74) is 7.50. The van der Waals surface area contributed by atoms with Gasteiger partial charge in [0, 0.05) is 25.3 Å². The topological polar surface area (TPSA) is 62.3 Å². The van der Waals surface area contributed by atoms with Crippen molar-refractivity contribution in [3.05, 3.63) is 18.2 Å². The molecule has 0 aliphatic carbocycles. The second-order valence-electron chi connectivity index (χ2n) is 5.31. The van der Waals surface area contributed by atoms with Gasteiger partial charge in [-0.05, 0) is 19.8 Å². The average Bonchev–Trinajstić information content (AvgIpc) is 3.09. The van der Waals surface area contributed by atoms with Crippen LogP contribution in [0.25, 0.3) is 0 Å². The Morgan fingerprint density at radius 2 is 2.33 bits per heavy atom. The van der Waals surface area contributed by atoms with Gasteiger partial charge in [0.25, 0.3) is 0 Å². The van der Waals surface area contributed by atoms with Crippen molar-refractivity contribution in [3.63, 3.8) is 0 Å². The fourth-order valence-corrected chi connectivity index (χ4v) is 3.01. The van der Waals surface area contributed by atoms with E-state index in [2.05, 4.69) is 16.5 Å². The summed E-state index contributed by atoms with van der Waals surface area (Å²) < 4.78 is 13.3. The van der Waals surface area contributed by atoms with Crippen molar-refractivity contribution in [1.82, 2.24) is 9.55 Å². The lowest BCUT2D eigenvalue weighted by atomic mass is 9.97. The molecule has 2 aliphatic rings. The molecule has 2 N–H and O–H groups in total. The van der Waals surface area contributed by atoms with E-state index in [-0.39, 0.29) is 12.1 Å². The molecular weight excluding hydrogens is 230 g/mol. The van der Waals surface area contributed by atoms with Gasteiger partial charge in [0.2, 0.25) is 0 Å². The smallest absolute Gasteiger partial charge is 0.0952 e. The zero-order valence-electron chi connectivity index (χ0n) is 10.8. The summed E-state index contributed by atoms with van der Waals surface area (Å²) in [6.45, 7) is 4.54. The van der Waals surface area contributed by atoms with Crippen LogP contribution in [-0.2, 0) is 9.47 Å². The largest absolute Gasteiger partial charge is 0.381 e. The van der Waals surface area contributed by atoms with Crippen molar-refractivity contribution < 1.29 is 9.47 Å². The van der Waals surface area contributed by atoms with Gasteiger partial charge >= 0.3 is 0 Å². The van der Waals surface area contributed by atoms with Gasteiger partial charge in [0.15, 0.2) is 0 Å². The molecule has 1 aromatic heterocycles. The molecule has 4 atom stereocenters. The molecule has 3 heterocycles. The summed E-state index contributed by atoms with van der Waals surface area (Å²) in [7, 11) is 0. The third-order valence-electron chi connectivity index (χ3n) is 4.20. The first kappa shape index (κ1) is 12.1. The van der Waals surface area contributed by atoms with Crippen molar-refractivity contribution in [2.45, 2.75) is 38.0 Å². The van der Waals surface area contributed by atoms with Gasteiger partial charge in [-0.2, -0.15) is 0 Å². The van der Waals surface area contributed by atoms with Gasteiger partial charge in [-0.1, -0.05) is 0 Å². The normalized spacial score (nSPS) is 34.0. The van der Waals surface area contributed by atoms with Crippen LogP contribution >= 0.6 is 0 Å². The Morgan fingerprint density at radius 1 is 1.44 bits per heavy atom. The van der Waals surface area contributed by atoms with E-state index in [0.717, 1.165) is 38.4 Å². The van der Waals surface area contributed by atoms with Crippen LogP contribution in [0.1, 0.15) is 37.5 Å².